The van der Waals surface area contributed by atoms with Crippen LogP contribution in [0.2, 0.25) is 0 Å². The van der Waals surface area contributed by atoms with Gasteiger partial charge in [0.2, 0.25) is 10.0 Å². The van der Waals surface area contributed by atoms with Gasteiger partial charge < -0.3 is 9.73 Å². The Morgan fingerprint density at radius 2 is 1.89 bits per heavy atom. The van der Waals surface area contributed by atoms with Crippen molar-refractivity contribution in [1.82, 2.24) is 9.62 Å². The largest absolute Gasteiger partial charge is 0.464 e. The molecule has 0 saturated heterocycles. The molecule has 19 heavy (non-hydrogen) atoms. The Morgan fingerprint density at radius 3 is 2.37 bits per heavy atom. The molecule has 110 valence electrons. The van der Waals surface area contributed by atoms with E-state index < -0.39 is 10.0 Å². The van der Waals surface area contributed by atoms with E-state index in [1.807, 2.05) is 27.7 Å². The van der Waals surface area contributed by atoms with Gasteiger partial charge in [-0.2, -0.15) is 4.31 Å². The van der Waals surface area contributed by atoms with E-state index >= 15 is 0 Å². The van der Waals surface area contributed by atoms with E-state index in [0.29, 0.717) is 24.1 Å². The van der Waals surface area contributed by atoms with Gasteiger partial charge in [0.1, 0.15) is 16.4 Å². The summed E-state index contributed by atoms with van der Waals surface area (Å²) in [5.41, 5.74) is 0. The number of nitrogens with zero attached hydrogens (tertiary/aromatic N) is 1. The van der Waals surface area contributed by atoms with Crippen LogP contribution in [0, 0.1) is 6.92 Å². The number of nitrogens with one attached hydrogen (secondary N) is 1. The second-order valence-electron chi connectivity index (χ2n) is 5.28. The van der Waals surface area contributed by atoms with E-state index in [4.69, 9.17) is 4.42 Å². The molecule has 0 fully saturated rings. The second kappa shape index (κ2) is 6.07. The van der Waals surface area contributed by atoms with E-state index in [1.54, 1.807) is 20.0 Å². The highest BCUT2D eigenvalue weighted by Crippen LogP contribution is 2.24. The molecule has 1 aromatic rings. The summed E-state index contributed by atoms with van der Waals surface area (Å²) in [4.78, 5) is 0.254. The van der Waals surface area contributed by atoms with Crippen LogP contribution in [0.1, 0.15) is 39.2 Å². The van der Waals surface area contributed by atoms with Crippen LogP contribution >= 0.6 is 0 Å². The molecule has 1 aromatic heterocycles. The van der Waals surface area contributed by atoms with E-state index in [2.05, 4.69) is 5.32 Å². The number of hydrogen-bond acceptors (Lipinski definition) is 4. The zero-order valence-electron chi connectivity index (χ0n) is 12.5. The highest BCUT2D eigenvalue weighted by Gasteiger charge is 2.27. The van der Waals surface area contributed by atoms with E-state index in [9.17, 15) is 8.42 Å². The highest BCUT2D eigenvalue weighted by molar-refractivity contribution is 7.89. The first kappa shape index (κ1) is 16.2. The van der Waals surface area contributed by atoms with Crippen LogP contribution < -0.4 is 5.32 Å². The van der Waals surface area contributed by atoms with Gasteiger partial charge in [0.15, 0.2) is 0 Å². The molecule has 0 spiro atoms. The van der Waals surface area contributed by atoms with Gasteiger partial charge in [0, 0.05) is 25.2 Å². The Balaban J connectivity index is 3.02. The van der Waals surface area contributed by atoms with Crippen LogP contribution in [0.4, 0.5) is 0 Å². The SMILES string of the molecule is Cc1oc(CNC(C)C)cc1S(=O)(=O)N(C)C(C)C. The third-order valence-corrected chi connectivity index (χ3v) is 5.13. The molecule has 1 rings (SSSR count). The van der Waals surface area contributed by atoms with Crippen LogP contribution in [0.5, 0.6) is 0 Å². The fraction of sp³-hybridized carbons (Fsp3) is 0.692. The lowest BCUT2D eigenvalue weighted by Crippen LogP contribution is -2.33. The average molecular weight is 288 g/mol. The molecule has 0 aliphatic rings. The number of sulfonamides is 1. The lowest BCUT2D eigenvalue weighted by molar-refractivity contribution is 0.407. The first-order valence-corrected chi connectivity index (χ1v) is 7.91. The minimum absolute atomic E-state index is 0.0865. The molecule has 0 aromatic carbocycles. The number of hydrogen-bond donors (Lipinski definition) is 1. The van der Waals surface area contributed by atoms with Crippen LogP contribution in [-0.2, 0) is 16.6 Å². The summed E-state index contributed by atoms with van der Waals surface area (Å²) in [6.07, 6.45) is 0. The fourth-order valence-electron chi connectivity index (χ4n) is 1.60. The van der Waals surface area contributed by atoms with Crippen molar-refractivity contribution in [3.05, 3.63) is 17.6 Å². The minimum Gasteiger partial charge on any atom is -0.464 e. The van der Waals surface area contributed by atoms with Crippen molar-refractivity contribution < 1.29 is 12.8 Å². The summed E-state index contributed by atoms with van der Waals surface area (Å²) >= 11 is 0. The zero-order chi connectivity index (χ0) is 14.8. The molecule has 0 aliphatic carbocycles. The molecule has 0 atom stereocenters. The van der Waals surface area contributed by atoms with Crippen molar-refractivity contribution in [2.24, 2.45) is 0 Å². The van der Waals surface area contributed by atoms with Gasteiger partial charge in [0.05, 0.1) is 6.54 Å². The Hall–Kier alpha value is -0.850. The number of rotatable bonds is 6. The van der Waals surface area contributed by atoms with Crippen molar-refractivity contribution in [3.63, 3.8) is 0 Å². The maximum absolute atomic E-state index is 12.4. The van der Waals surface area contributed by atoms with Crippen molar-refractivity contribution in [1.29, 1.82) is 0 Å². The molecule has 0 aliphatic heterocycles. The van der Waals surface area contributed by atoms with Gasteiger partial charge in [0.25, 0.3) is 0 Å². The van der Waals surface area contributed by atoms with Crippen molar-refractivity contribution in [3.8, 4) is 0 Å². The van der Waals surface area contributed by atoms with Gasteiger partial charge in [-0.25, -0.2) is 8.42 Å². The van der Waals surface area contributed by atoms with Gasteiger partial charge in [-0.15, -0.1) is 0 Å². The highest BCUT2D eigenvalue weighted by atomic mass is 32.2. The Bertz CT molecular complexity index is 518. The molecular weight excluding hydrogens is 264 g/mol. The predicted octanol–water partition coefficient (Wildman–Crippen LogP) is 2.11. The number of aryl methyl sites for hydroxylation is 1. The maximum atomic E-state index is 12.4. The fourth-order valence-corrected chi connectivity index (χ4v) is 3.16. The molecule has 0 radical (unpaired) electrons. The Kier molecular flexibility index (Phi) is 5.18. The van der Waals surface area contributed by atoms with Gasteiger partial charge >= 0.3 is 0 Å². The summed E-state index contributed by atoms with van der Waals surface area (Å²) < 4.78 is 31.6. The topological polar surface area (TPSA) is 62.6 Å². The van der Waals surface area contributed by atoms with Crippen LogP contribution in [0.3, 0.4) is 0 Å². The second-order valence-corrected chi connectivity index (χ2v) is 7.25. The molecule has 5 nitrogen and oxygen atoms in total. The number of furan rings is 1. The van der Waals surface area contributed by atoms with E-state index in [0.717, 1.165) is 0 Å². The first-order chi connectivity index (χ1) is 8.66. The monoisotopic (exact) mass is 288 g/mol. The van der Waals surface area contributed by atoms with E-state index in [-0.39, 0.29) is 10.9 Å². The summed E-state index contributed by atoms with van der Waals surface area (Å²) in [5, 5.41) is 3.20. The third-order valence-electron chi connectivity index (χ3n) is 2.99. The average Bonchev–Trinajstić information content (AvgIpc) is 2.67. The smallest absolute Gasteiger partial charge is 0.246 e. The van der Waals surface area contributed by atoms with Crippen molar-refractivity contribution in [2.75, 3.05) is 7.05 Å². The predicted molar refractivity (Wildman–Crippen MR) is 75.5 cm³/mol. The molecule has 0 unspecified atom stereocenters. The summed E-state index contributed by atoms with van der Waals surface area (Å²) in [6, 6.07) is 1.85. The van der Waals surface area contributed by atoms with Crippen LogP contribution in [0.15, 0.2) is 15.4 Å². The van der Waals surface area contributed by atoms with Gasteiger partial charge in [-0.3, -0.25) is 0 Å². The van der Waals surface area contributed by atoms with Gasteiger partial charge in [-0.05, 0) is 20.8 Å². The van der Waals surface area contributed by atoms with Crippen molar-refractivity contribution in [2.45, 2.75) is 58.1 Å². The third kappa shape index (κ3) is 3.81. The molecular formula is C13H24N2O3S. The molecule has 0 saturated carbocycles. The first-order valence-electron chi connectivity index (χ1n) is 6.47. The Morgan fingerprint density at radius 1 is 1.32 bits per heavy atom. The molecule has 1 N–H and O–H groups in total. The molecule has 0 amide bonds. The van der Waals surface area contributed by atoms with E-state index in [1.165, 1.54) is 4.31 Å². The van der Waals surface area contributed by atoms with Crippen LogP contribution in [0.25, 0.3) is 0 Å². The zero-order valence-corrected chi connectivity index (χ0v) is 13.3. The van der Waals surface area contributed by atoms with Crippen molar-refractivity contribution >= 4 is 10.0 Å². The minimum atomic E-state index is -3.47. The van der Waals surface area contributed by atoms with Gasteiger partial charge in [-0.1, -0.05) is 13.8 Å². The lowest BCUT2D eigenvalue weighted by Gasteiger charge is -2.20. The lowest BCUT2D eigenvalue weighted by atomic mass is 10.3. The standard InChI is InChI=1S/C13H24N2O3S/c1-9(2)14-8-12-7-13(11(5)18-12)19(16,17)15(6)10(3)4/h7,9-10,14H,8H2,1-6H3. The summed E-state index contributed by atoms with van der Waals surface area (Å²) in [5.74, 6) is 1.08. The quantitative estimate of drug-likeness (QED) is 0.871. The molecule has 0 bridgehead atoms. The summed E-state index contributed by atoms with van der Waals surface area (Å²) in [6.45, 7) is 9.95. The normalized spacial score (nSPS) is 12.9. The molecule has 6 heteroatoms. The van der Waals surface area contributed by atoms with Crippen LogP contribution in [-0.4, -0.2) is 31.9 Å². The summed E-state index contributed by atoms with van der Waals surface area (Å²) in [7, 11) is -1.89. The Labute approximate surface area is 116 Å². The molecule has 1 heterocycles. The maximum Gasteiger partial charge on any atom is 0.246 e.